The van der Waals surface area contributed by atoms with Gasteiger partial charge in [0.25, 0.3) is 0 Å². The van der Waals surface area contributed by atoms with Crippen LogP contribution < -0.4 is 0 Å². The maximum atomic E-state index is 6.25. The van der Waals surface area contributed by atoms with Crippen LogP contribution in [-0.4, -0.2) is 9.97 Å². The minimum Gasteiger partial charge on any atom is -0.456 e. The van der Waals surface area contributed by atoms with Crippen LogP contribution in [0.2, 0.25) is 0 Å². The third-order valence-electron chi connectivity index (χ3n) is 14.8. The number of nitrogens with zero attached hydrogens (tertiary/aromatic N) is 2. The zero-order valence-electron chi connectivity index (χ0n) is 38.7. The van der Waals surface area contributed by atoms with Crippen molar-refractivity contribution in [3.63, 3.8) is 0 Å². The molecule has 0 amide bonds. The fourth-order valence-electron chi connectivity index (χ4n) is 11.2. The van der Waals surface area contributed by atoms with Gasteiger partial charge < -0.3 is 4.42 Å². The van der Waals surface area contributed by atoms with Crippen LogP contribution in [0.15, 0.2) is 235 Å². The van der Waals surface area contributed by atoms with E-state index in [1.165, 1.54) is 54.9 Å². The summed E-state index contributed by atoms with van der Waals surface area (Å²) in [5, 5.41) is 9.52. The second kappa shape index (κ2) is 15.6. The van der Waals surface area contributed by atoms with E-state index in [9.17, 15) is 0 Å². The van der Waals surface area contributed by atoms with Gasteiger partial charge >= 0.3 is 0 Å². The molecule has 0 saturated carbocycles. The van der Waals surface area contributed by atoms with E-state index in [0.717, 1.165) is 83.0 Å². The first kappa shape index (κ1) is 40.2. The summed E-state index contributed by atoms with van der Waals surface area (Å²) in [6, 6.07) is 83.5. The van der Waals surface area contributed by atoms with Gasteiger partial charge in [0.1, 0.15) is 11.2 Å². The Morgan fingerprint density at radius 3 is 1.73 bits per heavy atom. The van der Waals surface area contributed by atoms with Gasteiger partial charge in [0.15, 0.2) is 5.82 Å². The number of furan rings is 1. The van der Waals surface area contributed by atoms with E-state index in [1.807, 2.05) is 18.2 Å². The highest BCUT2D eigenvalue weighted by Gasteiger charge is 2.37. The molecule has 0 aliphatic heterocycles. The van der Waals surface area contributed by atoms with Gasteiger partial charge in [-0.3, -0.25) is 0 Å². The van der Waals surface area contributed by atoms with Crippen LogP contribution in [0.1, 0.15) is 25.0 Å². The maximum absolute atomic E-state index is 6.25. The summed E-state index contributed by atoms with van der Waals surface area (Å²) in [6.07, 6.45) is 0. The van der Waals surface area contributed by atoms with Crippen molar-refractivity contribution in [3.8, 4) is 78.4 Å². The summed E-state index contributed by atoms with van der Waals surface area (Å²) in [7, 11) is 0. The summed E-state index contributed by atoms with van der Waals surface area (Å²) in [4.78, 5) is 10.6. The van der Waals surface area contributed by atoms with Gasteiger partial charge in [-0.15, -0.1) is 0 Å². The van der Waals surface area contributed by atoms with E-state index < -0.39 is 0 Å². The lowest BCUT2D eigenvalue weighted by Gasteiger charge is -2.22. The number of hydrogen-bond acceptors (Lipinski definition) is 3. The molecule has 0 radical (unpaired) electrons. The molecule has 1 aliphatic carbocycles. The third-order valence-corrected chi connectivity index (χ3v) is 14.8. The predicted molar refractivity (Wildman–Crippen MR) is 292 cm³/mol. The molecule has 0 fully saturated rings. The van der Waals surface area contributed by atoms with Crippen molar-refractivity contribution < 1.29 is 4.42 Å². The quantitative estimate of drug-likeness (QED) is 0.167. The summed E-state index contributed by atoms with van der Waals surface area (Å²) in [5.74, 6) is 0.708. The van der Waals surface area contributed by atoms with E-state index in [2.05, 4.69) is 226 Å². The fourth-order valence-corrected chi connectivity index (χ4v) is 11.2. The van der Waals surface area contributed by atoms with Gasteiger partial charge in [-0.2, -0.15) is 0 Å². The van der Waals surface area contributed by atoms with E-state index in [-0.39, 0.29) is 5.41 Å². The first-order valence-corrected chi connectivity index (χ1v) is 24.1. The molecule has 2 heterocycles. The van der Waals surface area contributed by atoms with Crippen molar-refractivity contribution in [2.75, 3.05) is 0 Å². The van der Waals surface area contributed by atoms with Gasteiger partial charge in [0, 0.05) is 32.9 Å². The average Bonchev–Trinajstić information content (AvgIpc) is 3.90. The van der Waals surface area contributed by atoms with E-state index >= 15 is 0 Å². The monoisotopic (exact) mass is 892 g/mol. The smallest absolute Gasteiger partial charge is 0.160 e. The Labute approximate surface area is 406 Å². The van der Waals surface area contributed by atoms with Crippen molar-refractivity contribution in [2.24, 2.45) is 0 Å². The maximum Gasteiger partial charge on any atom is 0.160 e. The number of para-hydroxylation sites is 1. The molecule has 70 heavy (non-hydrogen) atoms. The highest BCUT2D eigenvalue weighted by atomic mass is 16.3. The van der Waals surface area contributed by atoms with Crippen LogP contribution in [0.25, 0.3) is 133 Å². The standard InChI is InChI=1S/C67H44N2O/c1-67(2)59-24-13-23-56(65(59)58-38-43-17-6-7-18-44(43)39-60(58)67)62-40-61(68-66(69-62)42-15-4-3-5-16-42)49-29-28-45-32-47(27-26-46(45)33-49)50-34-51(36-52(35-50)54-22-12-19-41-14-8-9-20-53(41)54)48-30-31-64-57(37-48)55-21-10-11-25-63(55)70-64/h3-40H,1-2H3. The molecule has 3 heteroatoms. The molecule has 0 unspecified atom stereocenters. The van der Waals surface area contributed by atoms with Crippen LogP contribution in [-0.2, 0) is 5.41 Å². The predicted octanol–water partition coefficient (Wildman–Crippen LogP) is 18.1. The Hall–Kier alpha value is -8.92. The molecule has 0 bridgehead atoms. The van der Waals surface area contributed by atoms with Crippen molar-refractivity contribution in [1.29, 1.82) is 0 Å². The lowest BCUT2D eigenvalue weighted by Crippen LogP contribution is -2.14. The zero-order valence-corrected chi connectivity index (χ0v) is 38.7. The molecule has 11 aromatic carbocycles. The molecular weight excluding hydrogens is 849 g/mol. The topological polar surface area (TPSA) is 38.9 Å². The summed E-state index contributed by atoms with van der Waals surface area (Å²) in [6.45, 7) is 4.70. The molecule has 1 aliphatic rings. The number of hydrogen-bond donors (Lipinski definition) is 0. The van der Waals surface area contributed by atoms with Crippen molar-refractivity contribution in [3.05, 3.63) is 242 Å². The summed E-state index contributed by atoms with van der Waals surface area (Å²) >= 11 is 0. The Bertz CT molecular complexity index is 4270. The van der Waals surface area contributed by atoms with E-state index in [1.54, 1.807) is 0 Å². The Balaban J connectivity index is 0.897. The van der Waals surface area contributed by atoms with Gasteiger partial charge in [0.2, 0.25) is 0 Å². The average molecular weight is 893 g/mol. The van der Waals surface area contributed by atoms with Crippen molar-refractivity contribution in [2.45, 2.75) is 19.3 Å². The molecule has 328 valence electrons. The SMILES string of the molecule is CC1(C)c2cc3ccccc3cc2-c2c(-c3cc(-c4ccc5cc(-c6cc(-c7ccc8oc9ccccc9c8c7)cc(-c7cccc8ccccc78)c6)ccc5c4)nc(-c4ccccc4)n3)cccc21. The van der Waals surface area contributed by atoms with Gasteiger partial charge in [-0.05, 0) is 155 Å². The van der Waals surface area contributed by atoms with Crippen molar-refractivity contribution >= 4 is 54.3 Å². The molecule has 2 aromatic heterocycles. The zero-order chi connectivity index (χ0) is 46.5. The van der Waals surface area contributed by atoms with E-state index in [0.29, 0.717) is 5.82 Å². The highest BCUT2D eigenvalue weighted by molar-refractivity contribution is 6.07. The van der Waals surface area contributed by atoms with Crippen LogP contribution in [0.3, 0.4) is 0 Å². The largest absolute Gasteiger partial charge is 0.456 e. The minimum absolute atomic E-state index is 0.164. The Kier molecular flexibility index (Phi) is 8.93. The van der Waals surface area contributed by atoms with Gasteiger partial charge in [-0.25, -0.2) is 9.97 Å². The van der Waals surface area contributed by atoms with E-state index in [4.69, 9.17) is 14.4 Å². The number of fused-ring (bicyclic) bond motifs is 9. The molecular formula is C67H44N2O. The molecule has 0 atom stereocenters. The number of aromatic nitrogens is 2. The first-order chi connectivity index (χ1) is 34.4. The minimum atomic E-state index is -0.164. The molecule has 13 aromatic rings. The molecule has 3 nitrogen and oxygen atoms in total. The van der Waals surface area contributed by atoms with Crippen LogP contribution in [0.5, 0.6) is 0 Å². The second-order valence-corrected chi connectivity index (χ2v) is 19.3. The first-order valence-electron chi connectivity index (χ1n) is 24.1. The normalized spacial score (nSPS) is 12.8. The number of benzene rings is 11. The van der Waals surface area contributed by atoms with Crippen LogP contribution in [0.4, 0.5) is 0 Å². The van der Waals surface area contributed by atoms with Gasteiger partial charge in [0.05, 0.1) is 11.4 Å². The fraction of sp³-hybridized carbons (Fsp3) is 0.0448. The van der Waals surface area contributed by atoms with Crippen molar-refractivity contribution in [1.82, 2.24) is 9.97 Å². The Morgan fingerprint density at radius 1 is 0.314 bits per heavy atom. The number of rotatable bonds is 6. The Morgan fingerprint density at radius 2 is 0.900 bits per heavy atom. The second-order valence-electron chi connectivity index (χ2n) is 19.3. The third kappa shape index (κ3) is 6.50. The molecule has 14 rings (SSSR count). The van der Waals surface area contributed by atoms with Gasteiger partial charge in [-0.1, -0.05) is 178 Å². The van der Waals surface area contributed by atoms with Crippen LogP contribution >= 0.6 is 0 Å². The molecule has 0 spiro atoms. The highest BCUT2D eigenvalue weighted by Crippen LogP contribution is 2.53. The summed E-state index contributed by atoms with van der Waals surface area (Å²) < 4.78 is 6.25. The molecule has 0 saturated heterocycles. The lowest BCUT2D eigenvalue weighted by molar-refractivity contribution is 0.661. The van der Waals surface area contributed by atoms with Crippen LogP contribution in [0, 0.1) is 0 Å². The lowest BCUT2D eigenvalue weighted by atomic mass is 9.81. The summed E-state index contributed by atoms with van der Waals surface area (Å²) in [5.41, 5.74) is 18.8. The molecule has 0 N–H and O–H groups in total.